The Hall–Kier alpha value is -1.64. The van der Waals surface area contributed by atoms with E-state index >= 15 is 0 Å². The Kier molecular flexibility index (Phi) is 5.31. The highest BCUT2D eigenvalue weighted by Gasteiger charge is 2.32. The third-order valence-corrected chi connectivity index (χ3v) is 5.33. The predicted molar refractivity (Wildman–Crippen MR) is 91.6 cm³/mol. The molecule has 1 unspecified atom stereocenters. The van der Waals surface area contributed by atoms with Gasteiger partial charge in [0.25, 0.3) is 0 Å². The third kappa shape index (κ3) is 4.71. The monoisotopic (exact) mass is 371 g/mol. The van der Waals surface area contributed by atoms with Crippen LogP contribution in [-0.4, -0.2) is 34.3 Å². The molecule has 136 valence electrons. The predicted octanol–water partition coefficient (Wildman–Crippen LogP) is 3.73. The third-order valence-electron chi connectivity index (χ3n) is 4.16. The van der Waals surface area contributed by atoms with Crippen LogP contribution in [0, 0.1) is 0 Å². The quantitative estimate of drug-likeness (QED) is 0.841. The van der Waals surface area contributed by atoms with Gasteiger partial charge in [-0.05, 0) is 30.5 Å². The van der Waals surface area contributed by atoms with E-state index in [0.29, 0.717) is 26.1 Å². The smallest absolute Gasteiger partial charge is 0.388 e. The molecule has 0 saturated carbocycles. The van der Waals surface area contributed by atoms with Gasteiger partial charge in [0, 0.05) is 25.0 Å². The fraction of sp³-hybridized carbons (Fsp3) is 0.471. The first kappa shape index (κ1) is 18.2. The van der Waals surface area contributed by atoms with E-state index in [1.165, 1.54) is 16.2 Å². The van der Waals surface area contributed by atoms with E-state index in [-0.39, 0.29) is 0 Å². The van der Waals surface area contributed by atoms with Gasteiger partial charge >= 0.3 is 6.18 Å². The van der Waals surface area contributed by atoms with Crippen LogP contribution in [0.5, 0.6) is 0 Å². The molecule has 0 fully saturated rings. The van der Waals surface area contributed by atoms with Crippen molar-refractivity contribution in [2.45, 2.75) is 38.7 Å². The number of aliphatic hydroxyl groups excluding tert-OH is 1. The molecular formula is C17H20F3N3OS. The summed E-state index contributed by atoms with van der Waals surface area (Å²) in [6.07, 6.45) is -2.44. The Labute approximate surface area is 148 Å². The van der Waals surface area contributed by atoms with Crippen molar-refractivity contribution < 1.29 is 18.3 Å². The number of anilines is 1. The summed E-state index contributed by atoms with van der Waals surface area (Å²) in [5.74, 6) is 0. The molecule has 8 heteroatoms. The summed E-state index contributed by atoms with van der Waals surface area (Å²) in [6, 6.07) is 5.70. The number of alkyl halides is 3. The number of nitrogens with one attached hydrogen (secondary N) is 1. The molecule has 1 aromatic heterocycles. The van der Waals surface area contributed by atoms with E-state index in [1.54, 1.807) is 13.1 Å². The topological polar surface area (TPSA) is 48.4 Å². The van der Waals surface area contributed by atoms with Gasteiger partial charge in [0.2, 0.25) is 0 Å². The average molecular weight is 371 g/mol. The zero-order valence-corrected chi connectivity index (χ0v) is 14.6. The summed E-state index contributed by atoms with van der Waals surface area (Å²) in [4.78, 5) is 6.53. The lowest BCUT2D eigenvalue weighted by atomic mass is 9.97. The largest absolute Gasteiger partial charge is 0.401 e. The van der Waals surface area contributed by atoms with Crippen LogP contribution in [0.15, 0.2) is 24.4 Å². The van der Waals surface area contributed by atoms with Crippen LogP contribution in [0.2, 0.25) is 0 Å². The summed E-state index contributed by atoms with van der Waals surface area (Å²) in [5.41, 5.74) is 2.95. The number of thiazole rings is 1. The lowest BCUT2D eigenvalue weighted by Gasteiger charge is -2.30. The second-order valence-electron chi connectivity index (χ2n) is 6.20. The molecule has 0 spiro atoms. The molecular weight excluding hydrogens is 351 g/mol. The maximum atomic E-state index is 12.6. The molecule has 1 atom stereocenters. The van der Waals surface area contributed by atoms with Crippen LogP contribution >= 0.6 is 11.3 Å². The summed E-state index contributed by atoms with van der Waals surface area (Å²) in [5, 5.41) is 13.7. The number of rotatable bonds is 5. The Balaban J connectivity index is 1.67. The Morgan fingerprint density at radius 1 is 1.40 bits per heavy atom. The molecule has 1 aliphatic rings. The normalized spacial score (nSPS) is 16.5. The molecule has 0 amide bonds. The van der Waals surface area contributed by atoms with Crippen LogP contribution in [0.3, 0.4) is 0 Å². The van der Waals surface area contributed by atoms with Crippen molar-refractivity contribution in [1.29, 1.82) is 0 Å². The van der Waals surface area contributed by atoms with Crippen LogP contribution in [0.1, 0.15) is 34.0 Å². The van der Waals surface area contributed by atoms with Crippen molar-refractivity contribution in [1.82, 2.24) is 9.88 Å². The van der Waals surface area contributed by atoms with Gasteiger partial charge in [-0.2, -0.15) is 13.2 Å². The number of aliphatic hydroxyl groups is 1. The van der Waals surface area contributed by atoms with Gasteiger partial charge in [-0.25, -0.2) is 4.98 Å². The summed E-state index contributed by atoms with van der Waals surface area (Å²) >= 11 is 1.45. The molecule has 1 aliphatic heterocycles. The second kappa shape index (κ2) is 7.31. The molecule has 0 saturated heterocycles. The summed E-state index contributed by atoms with van der Waals surface area (Å²) < 4.78 is 37.8. The first-order chi connectivity index (χ1) is 11.8. The van der Waals surface area contributed by atoms with Gasteiger partial charge in [0.1, 0.15) is 5.01 Å². The number of nitrogens with zero attached hydrogens (tertiary/aromatic N) is 2. The molecule has 1 aromatic carbocycles. The number of hydrogen-bond acceptors (Lipinski definition) is 5. The molecule has 25 heavy (non-hydrogen) atoms. The zero-order chi connectivity index (χ0) is 18.0. The van der Waals surface area contributed by atoms with Gasteiger partial charge in [0.15, 0.2) is 0 Å². The van der Waals surface area contributed by atoms with Crippen molar-refractivity contribution in [2.75, 3.05) is 18.4 Å². The maximum absolute atomic E-state index is 12.6. The van der Waals surface area contributed by atoms with E-state index < -0.39 is 18.8 Å². The van der Waals surface area contributed by atoms with Crippen molar-refractivity contribution >= 4 is 17.0 Å². The van der Waals surface area contributed by atoms with Crippen LogP contribution < -0.4 is 5.32 Å². The number of hydrogen-bond donors (Lipinski definition) is 2. The van der Waals surface area contributed by atoms with Gasteiger partial charge < -0.3 is 10.4 Å². The average Bonchev–Trinajstić information content (AvgIpc) is 3.00. The van der Waals surface area contributed by atoms with Gasteiger partial charge in [-0.15, -0.1) is 11.3 Å². The first-order valence-electron chi connectivity index (χ1n) is 8.08. The molecule has 3 rings (SSSR count). The van der Waals surface area contributed by atoms with Crippen LogP contribution in [-0.2, 0) is 19.5 Å². The molecule has 0 radical (unpaired) electrons. The van der Waals surface area contributed by atoms with Crippen LogP contribution in [0.25, 0.3) is 0 Å². The Morgan fingerprint density at radius 2 is 2.20 bits per heavy atom. The number of aromatic nitrogens is 1. The molecule has 2 N–H and O–H groups in total. The molecule has 0 bridgehead atoms. The number of halogens is 3. The lowest BCUT2D eigenvalue weighted by molar-refractivity contribution is -0.147. The van der Waals surface area contributed by atoms with Crippen molar-refractivity contribution in [3.63, 3.8) is 0 Å². The SMILES string of the molecule is CC(O)c1cnc(CNc2cccc3c2CCN(CC(F)(F)F)C3)s1. The van der Waals surface area contributed by atoms with E-state index in [1.807, 2.05) is 18.2 Å². The fourth-order valence-electron chi connectivity index (χ4n) is 2.99. The molecule has 4 nitrogen and oxygen atoms in total. The van der Waals surface area contributed by atoms with Crippen LogP contribution in [0.4, 0.5) is 18.9 Å². The number of benzene rings is 1. The van der Waals surface area contributed by atoms with E-state index in [9.17, 15) is 18.3 Å². The van der Waals surface area contributed by atoms with Crippen molar-refractivity contribution in [2.24, 2.45) is 0 Å². The van der Waals surface area contributed by atoms with Crippen molar-refractivity contribution in [3.05, 3.63) is 45.4 Å². The fourth-order valence-corrected chi connectivity index (χ4v) is 3.79. The Morgan fingerprint density at radius 3 is 2.88 bits per heavy atom. The standard InChI is InChI=1S/C17H20F3N3OS/c1-11(24)15-7-22-16(25-15)8-21-14-4-2-3-12-9-23(6-5-13(12)14)10-17(18,19)20/h2-4,7,11,21,24H,5-6,8-10H2,1H3. The second-order valence-corrected chi connectivity index (χ2v) is 7.35. The minimum absolute atomic E-state index is 0.313. The number of fused-ring (bicyclic) bond motifs is 1. The Bertz CT molecular complexity index is 730. The summed E-state index contributed by atoms with van der Waals surface area (Å²) in [6.45, 7) is 2.07. The minimum atomic E-state index is -4.17. The van der Waals surface area contributed by atoms with E-state index in [2.05, 4.69) is 10.3 Å². The lowest BCUT2D eigenvalue weighted by Crippen LogP contribution is -2.38. The van der Waals surface area contributed by atoms with Crippen molar-refractivity contribution in [3.8, 4) is 0 Å². The highest BCUT2D eigenvalue weighted by molar-refractivity contribution is 7.11. The van der Waals surface area contributed by atoms with Gasteiger partial charge in [0.05, 0.1) is 24.1 Å². The first-order valence-corrected chi connectivity index (χ1v) is 8.90. The minimum Gasteiger partial charge on any atom is -0.388 e. The zero-order valence-electron chi connectivity index (χ0n) is 13.8. The molecule has 0 aliphatic carbocycles. The van der Waals surface area contributed by atoms with Gasteiger partial charge in [-0.1, -0.05) is 12.1 Å². The van der Waals surface area contributed by atoms with E-state index in [0.717, 1.165) is 26.7 Å². The van der Waals surface area contributed by atoms with Gasteiger partial charge in [-0.3, -0.25) is 4.90 Å². The van der Waals surface area contributed by atoms with E-state index in [4.69, 9.17) is 0 Å². The highest BCUT2D eigenvalue weighted by Crippen LogP contribution is 2.29. The summed E-state index contributed by atoms with van der Waals surface area (Å²) in [7, 11) is 0. The molecule has 2 heterocycles. The maximum Gasteiger partial charge on any atom is 0.401 e. The highest BCUT2D eigenvalue weighted by atomic mass is 32.1. The molecule has 2 aromatic rings.